The van der Waals surface area contributed by atoms with Crippen LogP contribution in [-0.2, 0) is 14.8 Å². The molecule has 1 saturated heterocycles. The van der Waals surface area contributed by atoms with Gasteiger partial charge in [-0.25, -0.2) is 13.1 Å². The molecule has 2 unspecified atom stereocenters. The molecule has 0 aliphatic carbocycles. The maximum Gasteiger partial charge on any atom is 0.289 e. The van der Waals surface area contributed by atoms with Gasteiger partial charge in [-0.3, -0.25) is 10.1 Å². The zero-order chi connectivity index (χ0) is 15.6. The Morgan fingerprint density at radius 1 is 1.48 bits per heavy atom. The summed E-state index contributed by atoms with van der Waals surface area (Å²) >= 11 is 0. The molecule has 2 atom stereocenters. The van der Waals surface area contributed by atoms with Gasteiger partial charge in [0.25, 0.3) is 5.69 Å². The van der Waals surface area contributed by atoms with Gasteiger partial charge in [-0.2, -0.15) is 0 Å². The lowest BCUT2D eigenvalue weighted by Crippen LogP contribution is -2.41. The Balaban J connectivity index is 2.31. The molecule has 1 aromatic rings. The van der Waals surface area contributed by atoms with E-state index >= 15 is 0 Å². The van der Waals surface area contributed by atoms with Gasteiger partial charge in [0.2, 0.25) is 10.0 Å². The van der Waals surface area contributed by atoms with Gasteiger partial charge < -0.3 is 10.5 Å². The molecule has 1 aliphatic rings. The number of rotatable bonds is 4. The Morgan fingerprint density at radius 2 is 2.19 bits per heavy atom. The summed E-state index contributed by atoms with van der Waals surface area (Å²) in [7, 11) is -4.01. The van der Waals surface area contributed by atoms with E-state index in [1.54, 1.807) is 0 Å². The Kier molecular flexibility index (Phi) is 4.45. The van der Waals surface area contributed by atoms with Crippen molar-refractivity contribution in [3.05, 3.63) is 28.3 Å². The molecular weight excluding hydrogens is 298 g/mol. The smallest absolute Gasteiger partial charge is 0.289 e. The predicted octanol–water partition coefficient (Wildman–Crippen LogP) is 1.02. The first kappa shape index (κ1) is 15.7. The molecule has 1 fully saturated rings. The van der Waals surface area contributed by atoms with Gasteiger partial charge in [-0.15, -0.1) is 0 Å². The Labute approximate surface area is 122 Å². The third-order valence-corrected chi connectivity index (χ3v) is 4.83. The van der Waals surface area contributed by atoms with Crippen molar-refractivity contribution in [2.24, 2.45) is 0 Å². The molecular formula is C12H17N3O5S. The maximum absolute atomic E-state index is 12.4. The van der Waals surface area contributed by atoms with Crippen molar-refractivity contribution < 1.29 is 18.1 Å². The molecule has 3 N–H and O–H groups in total. The summed E-state index contributed by atoms with van der Waals surface area (Å²) in [6.07, 6.45) is 0.997. The SMILES string of the molecule is CC1CC(NS(=O)(=O)c2cc(N)ccc2[N+](=O)[O-])CCO1. The van der Waals surface area contributed by atoms with E-state index < -0.39 is 25.5 Å². The molecule has 1 aromatic carbocycles. The molecule has 0 aromatic heterocycles. The summed E-state index contributed by atoms with van der Waals surface area (Å²) in [5.41, 5.74) is 5.21. The summed E-state index contributed by atoms with van der Waals surface area (Å²) in [6.45, 7) is 2.30. The summed E-state index contributed by atoms with van der Waals surface area (Å²) < 4.78 is 32.6. The van der Waals surface area contributed by atoms with Crippen molar-refractivity contribution in [2.45, 2.75) is 36.8 Å². The average molecular weight is 315 g/mol. The van der Waals surface area contributed by atoms with E-state index in [0.717, 1.165) is 12.1 Å². The standard InChI is InChI=1S/C12H17N3O5S/c1-8-6-10(4-5-20-8)14-21(18,19)12-7-9(13)2-3-11(12)15(16)17/h2-3,7-8,10,14H,4-6,13H2,1H3. The first-order chi connectivity index (χ1) is 9.79. The van der Waals surface area contributed by atoms with Crippen LogP contribution in [0.4, 0.5) is 11.4 Å². The Morgan fingerprint density at radius 3 is 2.81 bits per heavy atom. The van der Waals surface area contributed by atoms with Crippen molar-refractivity contribution in [2.75, 3.05) is 12.3 Å². The second kappa shape index (κ2) is 5.96. The number of nitrogens with zero attached hydrogens (tertiary/aromatic N) is 1. The molecule has 0 bridgehead atoms. The topological polar surface area (TPSA) is 125 Å². The van der Waals surface area contributed by atoms with Crippen molar-refractivity contribution in [3.8, 4) is 0 Å². The number of nitro benzene ring substituents is 1. The largest absolute Gasteiger partial charge is 0.399 e. The first-order valence-corrected chi connectivity index (χ1v) is 7.96. The highest BCUT2D eigenvalue weighted by Crippen LogP contribution is 2.27. The maximum atomic E-state index is 12.4. The minimum atomic E-state index is -4.01. The van der Waals surface area contributed by atoms with Crippen LogP contribution >= 0.6 is 0 Å². The molecule has 21 heavy (non-hydrogen) atoms. The highest BCUT2D eigenvalue weighted by atomic mass is 32.2. The van der Waals surface area contributed by atoms with Crippen molar-refractivity contribution in [3.63, 3.8) is 0 Å². The normalized spacial score (nSPS) is 22.9. The second-order valence-electron chi connectivity index (χ2n) is 5.01. The third-order valence-electron chi connectivity index (χ3n) is 3.28. The van der Waals surface area contributed by atoms with E-state index in [1.807, 2.05) is 6.92 Å². The number of hydrogen-bond donors (Lipinski definition) is 2. The number of nitrogen functional groups attached to an aromatic ring is 1. The third kappa shape index (κ3) is 3.69. The zero-order valence-corrected chi connectivity index (χ0v) is 12.3. The molecule has 0 amide bonds. The van der Waals surface area contributed by atoms with Gasteiger partial charge in [0.15, 0.2) is 4.90 Å². The van der Waals surface area contributed by atoms with Crippen molar-refractivity contribution in [1.82, 2.24) is 4.72 Å². The van der Waals surface area contributed by atoms with Gasteiger partial charge in [0.1, 0.15) is 0 Å². The first-order valence-electron chi connectivity index (χ1n) is 6.47. The van der Waals surface area contributed by atoms with Crippen LogP contribution in [0.2, 0.25) is 0 Å². The summed E-state index contributed by atoms with van der Waals surface area (Å²) in [5.74, 6) is 0. The lowest BCUT2D eigenvalue weighted by atomic mass is 10.1. The van der Waals surface area contributed by atoms with E-state index in [4.69, 9.17) is 10.5 Å². The number of nitrogens with one attached hydrogen (secondary N) is 1. The fraction of sp³-hybridized carbons (Fsp3) is 0.500. The van der Waals surface area contributed by atoms with Crippen LogP contribution < -0.4 is 10.5 Å². The number of benzene rings is 1. The minimum Gasteiger partial charge on any atom is -0.399 e. The minimum absolute atomic E-state index is 0.0534. The molecule has 8 nitrogen and oxygen atoms in total. The fourth-order valence-electron chi connectivity index (χ4n) is 2.28. The fourth-order valence-corrected chi connectivity index (χ4v) is 3.77. The molecule has 1 aliphatic heterocycles. The summed E-state index contributed by atoms with van der Waals surface area (Å²) in [6, 6.07) is 3.19. The molecule has 0 saturated carbocycles. The number of hydrogen-bond acceptors (Lipinski definition) is 6. The number of ether oxygens (including phenoxy) is 1. The molecule has 2 rings (SSSR count). The van der Waals surface area contributed by atoms with Crippen LogP contribution in [0.15, 0.2) is 23.1 Å². The number of sulfonamides is 1. The number of nitro groups is 1. The van der Waals surface area contributed by atoms with Crippen LogP contribution in [0.25, 0.3) is 0 Å². The summed E-state index contributed by atoms with van der Waals surface area (Å²) in [4.78, 5) is 9.83. The molecule has 0 radical (unpaired) electrons. The van der Waals surface area contributed by atoms with Crippen LogP contribution in [0.5, 0.6) is 0 Å². The molecule has 0 spiro atoms. The van der Waals surface area contributed by atoms with Gasteiger partial charge in [-0.05, 0) is 31.9 Å². The van der Waals surface area contributed by atoms with Crippen LogP contribution in [0.1, 0.15) is 19.8 Å². The zero-order valence-electron chi connectivity index (χ0n) is 11.5. The highest BCUT2D eigenvalue weighted by Gasteiger charge is 2.30. The van der Waals surface area contributed by atoms with Crippen LogP contribution in [0, 0.1) is 10.1 Å². The number of anilines is 1. The van der Waals surface area contributed by atoms with E-state index in [-0.39, 0.29) is 17.8 Å². The van der Waals surface area contributed by atoms with Crippen molar-refractivity contribution in [1.29, 1.82) is 0 Å². The lowest BCUT2D eigenvalue weighted by molar-refractivity contribution is -0.387. The van der Waals surface area contributed by atoms with Gasteiger partial charge in [0.05, 0.1) is 11.0 Å². The predicted molar refractivity (Wildman–Crippen MR) is 76.3 cm³/mol. The van der Waals surface area contributed by atoms with Crippen LogP contribution in [0.3, 0.4) is 0 Å². The lowest BCUT2D eigenvalue weighted by Gasteiger charge is -2.27. The average Bonchev–Trinajstić information content (AvgIpc) is 2.37. The van der Waals surface area contributed by atoms with Gasteiger partial charge >= 0.3 is 0 Å². The second-order valence-corrected chi connectivity index (χ2v) is 6.69. The monoisotopic (exact) mass is 315 g/mol. The molecule has 116 valence electrons. The van der Waals surface area contributed by atoms with E-state index in [1.165, 1.54) is 6.07 Å². The summed E-state index contributed by atoms with van der Waals surface area (Å²) in [5, 5.41) is 11.0. The number of nitrogens with two attached hydrogens (primary N) is 1. The Bertz CT molecular complexity index is 646. The molecule has 1 heterocycles. The van der Waals surface area contributed by atoms with E-state index in [9.17, 15) is 18.5 Å². The molecule has 9 heteroatoms. The van der Waals surface area contributed by atoms with Gasteiger partial charge in [0, 0.05) is 24.4 Å². The Hall–Kier alpha value is -1.71. The van der Waals surface area contributed by atoms with Crippen LogP contribution in [-0.4, -0.2) is 32.1 Å². The van der Waals surface area contributed by atoms with Gasteiger partial charge in [-0.1, -0.05) is 0 Å². The quantitative estimate of drug-likeness (QED) is 0.485. The highest BCUT2D eigenvalue weighted by molar-refractivity contribution is 7.89. The van der Waals surface area contributed by atoms with E-state index in [2.05, 4.69) is 4.72 Å². The van der Waals surface area contributed by atoms with Crippen molar-refractivity contribution >= 4 is 21.4 Å². The van der Waals surface area contributed by atoms with E-state index in [0.29, 0.717) is 19.4 Å².